The first-order valence-corrected chi connectivity index (χ1v) is 17.4. The molecular formula is C20H35N7O15P3. The number of amides is 1. The van der Waals surface area contributed by atoms with Crippen LogP contribution in [0.25, 0.3) is 11.2 Å². The first-order valence-electron chi connectivity index (χ1n) is 12.9. The zero-order valence-electron chi connectivity index (χ0n) is 23.8. The normalized spacial score (nSPS) is 24.3. The van der Waals surface area contributed by atoms with Gasteiger partial charge in [-0.2, -0.15) is 4.31 Å². The van der Waals surface area contributed by atoms with Gasteiger partial charge in [-0.25, -0.2) is 28.6 Å². The summed E-state index contributed by atoms with van der Waals surface area (Å²) >= 11 is 0. The number of aliphatic hydroxyl groups is 2. The van der Waals surface area contributed by atoms with Crippen LogP contribution in [0.15, 0.2) is 12.7 Å². The molecule has 2 aromatic rings. The Kier molecular flexibility index (Phi) is 12.4. The number of nitrogens with two attached hydrogens (primary N) is 1. The molecule has 3 rings (SSSR count). The average Bonchev–Trinajstić information content (AvgIpc) is 3.47. The van der Waals surface area contributed by atoms with Crippen LogP contribution >= 0.6 is 23.5 Å². The van der Waals surface area contributed by atoms with E-state index in [9.17, 15) is 48.3 Å². The predicted molar refractivity (Wildman–Crippen MR) is 150 cm³/mol. The van der Waals surface area contributed by atoms with Gasteiger partial charge in [0.15, 0.2) is 17.7 Å². The SMILES string of the molecule is [CH2]CNC(=O)CCNC(O)C(C)(C)COP(=O)(O)OP(=O)(O)OCC1OC(n2cnc3c(N)ncnc32)C(O)C1OP(=O)(O)O. The molecular weight excluding hydrogens is 671 g/mol. The minimum absolute atomic E-state index is 0.000602. The predicted octanol–water partition coefficient (Wildman–Crippen LogP) is -1.33. The van der Waals surface area contributed by atoms with Crippen molar-refractivity contribution in [1.82, 2.24) is 30.2 Å². The number of phosphoric acid groups is 3. The van der Waals surface area contributed by atoms with Gasteiger partial charge in [0.05, 0.1) is 19.5 Å². The summed E-state index contributed by atoms with van der Waals surface area (Å²) in [6.07, 6.45) is -6.01. The summed E-state index contributed by atoms with van der Waals surface area (Å²) in [6.45, 7) is 4.76. The summed E-state index contributed by atoms with van der Waals surface area (Å²) in [4.78, 5) is 62.1. The van der Waals surface area contributed by atoms with Crippen molar-refractivity contribution in [2.24, 2.45) is 5.41 Å². The van der Waals surface area contributed by atoms with Crippen LogP contribution in [-0.2, 0) is 41.1 Å². The van der Waals surface area contributed by atoms with Gasteiger partial charge in [0.1, 0.15) is 36.4 Å². The maximum atomic E-state index is 12.5. The molecule has 0 bridgehead atoms. The Bertz CT molecular complexity index is 1470. The van der Waals surface area contributed by atoms with Gasteiger partial charge in [-0.05, 0) is 6.92 Å². The number of rotatable bonds is 17. The number of carbonyl (C=O) groups is 1. The molecule has 7 atom stereocenters. The molecule has 2 aromatic heterocycles. The molecule has 1 saturated heterocycles. The van der Waals surface area contributed by atoms with Crippen molar-refractivity contribution in [3.05, 3.63) is 19.6 Å². The fourth-order valence-electron chi connectivity index (χ4n) is 3.93. The highest BCUT2D eigenvalue weighted by Crippen LogP contribution is 2.61. The number of aliphatic hydroxyl groups excluding tert-OH is 2. The first kappa shape index (κ1) is 37.5. The maximum Gasteiger partial charge on any atom is 0.481 e. The Balaban J connectivity index is 1.63. The molecule has 3 heterocycles. The molecule has 0 aromatic carbocycles. The third-order valence-electron chi connectivity index (χ3n) is 6.19. The van der Waals surface area contributed by atoms with E-state index in [4.69, 9.17) is 19.5 Å². The summed E-state index contributed by atoms with van der Waals surface area (Å²) in [7, 11) is -16.1. The number of hydrogen-bond donors (Lipinski definition) is 9. The van der Waals surface area contributed by atoms with E-state index in [0.717, 1.165) is 17.2 Å². The smallest absolute Gasteiger partial charge is 0.386 e. The molecule has 45 heavy (non-hydrogen) atoms. The number of nitrogens with zero attached hydrogens (tertiary/aromatic N) is 4. The molecule has 1 amide bonds. The lowest BCUT2D eigenvalue weighted by molar-refractivity contribution is -0.121. The molecule has 7 unspecified atom stereocenters. The molecule has 1 aliphatic rings. The third-order valence-corrected chi connectivity index (χ3v) is 9.29. The zero-order valence-corrected chi connectivity index (χ0v) is 26.5. The number of ether oxygens (including phenoxy) is 1. The van der Waals surface area contributed by atoms with Crippen LogP contribution in [0.1, 0.15) is 26.5 Å². The largest absolute Gasteiger partial charge is 0.481 e. The molecule has 1 aliphatic heterocycles. The van der Waals surface area contributed by atoms with Crippen LogP contribution in [0, 0.1) is 12.3 Å². The standard InChI is InChI=1S/C20H35N7O15P3/c1-4-22-12(28)5-6-23-19(30)20(2,3)8-39-45(36,37)42-44(34,35)38-7-11-15(41-43(31,32)33)14(29)18(40-11)27-10-26-13-16(21)24-9-25-17(13)27/h9-11,14-15,18-19,23,29-30H,1,4-8H2,2-3H3,(H,22,28)(H,34,35)(H,36,37)(H2,21,24,25)(H2,31,32,33). The summed E-state index contributed by atoms with van der Waals surface area (Å²) < 4.78 is 61.7. The Hall–Kier alpha value is -1.97. The van der Waals surface area contributed by atoms with Crippen molar-refractivity contribution in [2.45, 2.75) is 51.0 Å². The highest BCUT2D eigenvalue weighted by atomic mass is 31.3. The van der Waals surface area contributed by atoms with Crippen LogP contribution < -0.4 is 16.4 Å². The van der Waals surface area contributed by atoms with Gasteiger partial charge in [0.2, 0.25) is 5.91 Å². The highest BCUT2D eigenvalue weighted by Gasteiger charge is 2.50. The van der Waals surface area contributed by atoms with E-state index in [0.29, 0.717) is 0 Å². The zero-order chi connectivity index (χ0) is 33.8. The number of carbonyl (C=O) groups excluding carboxylic acids is 1. The van der Waals surface area contributed by atoms with E-state index >= 15 is 0 Å². The number of nitrogen functional groups attached to an aromatic ring is 1. The molecule has 0 spiro atoms. The van der Waals surface area contributed by atoms with Gasteiger partial charge in [0, 0.05) is 24.9 Å². The molecule has 1 fully saturated rings. The Morgan fingerprint density at radius 2 is 1.84 bits per heavy atom. The van der Waals surface area contributed by atoms with Crippen molar-refractivity contribution < 1.29 is 70.9 Å². The molecule has 255 valence electrons. The summed E-state index contributed by atoms with van der Waals surface area (Å²) in [6, 6.07) is 0. The number of aromatic nitrogens is 4. The fraction of sp³-hybridized carbons (Fsp3) is 0.650. The van der Waals surface area contributed by atoms with Gasteiger partial charge in [0.25, 0.3) is 0 Å². The second kappa shape index (κ2) is 14.8. The molecule has 1 radical (unpaired) electrons. The average molecular weight is 706 g/mol. The lowest BCUT2D eigenvalue weighted by Gasteiger charge is -2.31. The number of nitrogens with one attached hydrogen (secondary N) is 2. The minimum atomic E-state index is -5.46. The minimum Gasteiger partial charge on any atom is -0.386 e. The highest BCUT2D eigenvalue weighted by molar-refractivity contribution is 7.61. The van der Waals surface area contributed by atoms with Crippen LogP contribution in [0.3, 0.4) is 0 Å². The van der Waals surface area contributed by atoms with E-state index in [1.165, 1.54) is 13.8 Å². The summed E-state index contributed by atoms with van der Waals surface area (Å²) in [5, 5.41) is 26.2. The quantitative estimate of drug-likeness (QED) is 0.0679. The van der Waals surface area contributed by atoms with Gasteiger partial charge in [-0.1, -0.05) is 13.8 Å². The van der Waals surface area contributed by atoms with Gasteiger partial charge < -0.3 is 45.6 Å². The van der Waals surface area contributed by atoms with Crippen molar-refractivity contribution in [3.8, 4) is 0 Å². The number of fused-ring (bicyclic) bond motifs is 1. The van der Waals surface area contributed by atoms with Crippen molar-refractivity contribution >= 4 is 46.4 Å². The molecule has 0 aliphatic carbocycles. The van der Waals surface area contributed by atoms with Crippen LogP contribution in [0.4, 0.5) is 5.82 Å². The number of phosphoric ester groups is 3. The topological polar surface area (TPSA) is 329 Å². The van der Waals surface area contributed by atoms with E-state index in [1.54, 1.807) is 0 Å². The van der Waals surface area contributed by atoms with Crippen molar-refractivity contribution in [2.75, 3.05) is 32.0 Å². The second-order valence-electron chi connectivity index (χ2n) is 10.2. The molecule has 22 nitrogen and oxygen atoms in total. The summed E-state index contributed by atoms with van der Waals surface area (Å²) in [5.41, 5.74) is 4.63. The molecule has 0 saturated carbocycles. The molecule has 10 N–H and O–H groups in total. The lowest BCUT2D eigenvalue weighted by atomic mass is 9.92. The lowest BCUT2D eigenvalue weighted by Crippen LogP contribution is -2.45. The maximum absolute atomic E-state index is 12.5. The number of imidazole rings is 1. The van der Waals surface area contributed by atoms with Gasteiger partial charge in [-0.3, -0.25) is 28.2 Å². The van der Waals surface area contributed by atoms with Crippen molar-refractivity contribution in [3.63, 3.8) is 0 Å². The fourth-order valence-corrected chi connectivity index (χ4v) is 6.76. The molecule has 25 heteroatoms. The van der Waals surface area contributed by atoms with E-state index in [1.807, 2.05) is 0 Å². The van der Waals surface area contributed by atoms with Crippen molar-refractivity contribution in [1.29, 1.82) is 0 Å². The monoisotopic (exact) mass is 706 g/mol. The number of anilines is 1. The second-order valence-corrected chi connectivity index (χ2v) is 14.5. The van der Waals surface area contributed by atoms with Gasteiger partial charge >= 0.3 is 23.5 Å². The van der Waals surface area contributed by atoms with Gasteiger partial charge in [-0.15, -0.1) is 0 Å². The van der Waals surface area contributed by atoms with Crippen LogP contribution in [0.2, 0.25) is 0 Å². The van der Waals surface area contributed by atoms with E-state index in [-0.39, 0.29) is 42.4 Å². The Morgan fingerprint density at radius 3 is 2.49 bits per heavy atom. The Labute approximate surface area is 255 Å². The van der Waals surface area contributed by atoms with Crippen LogP contribution in [-0.4, -0.2) is 106 Å². The summed E-state index contributed by atoms with van der Waals surface area (Å²) in [5.74, 6) is -0.347. The Morgan fingerprint density at radius 1 is 1.18 bits per heavy atom. The number of hydrogen-bond acceptors (Lipinski definition) is 16. The van der Waals surface area contributed by atoms with Crippen LogP contribution in [0.5, 0.6) is 0 Å². The first-order chi connectivity index (χ1) is 20.8. The van der Waals surface area contributed by atoms with E-state index < -0.39 is 72.9 Å². The van der Waals surface area contributed by atoms with E-state index in [2.05, 4.69) is 41.3 Å². The third kappa shape index (κ3) is 10.5.